The van der Waals surface area contributed by atoms with Gasteiger partial charge in [0.1, 0.15) is 11.3 Å². The van der Waals surface area contributed by atoms with Gasteiger partial charge in [0.05, 0.1) is 17.8 Å². The second kappa shape index (κ2) is 6.49. The van der Waals surface area contributed by atoms with Crippen LogP contribution < -0.4 is 10.1 Å². The Morgan fingerprint density at radius 3 is 2.45 bits per heavy atom. The third-order valence-corrected chi connectivity index (χ3v) is 3.47. The highest BCUT2D eigenvalue weighted by Gasteiger charge is 2.17. The van der Waals surface area contributed by atoms with Gasteiger partial charge < -0.3 is 15.2 Å². The van der Waals surface area contributed by atoms with Crippen LogP contribution in [-0.4, -0.2) is 24.1 Å². The summed E-state index contributed by atoms with van der Waals surface area (Å²) in [7, 11) is 1.35. The van der Waals surface area contributed by atoms with E-state index in [1.165, 1.54) is 19.2 Å². The van der Waals surface area contributed by atoms with E-state index in [1.807, 2.05) is 19.1 Å². The smallest absolute Gasteiger partial charge is 0.339 e. The number of hydrogen-bond donors (Lipinski definition) is 2. The van der Waals surface area contributed by atoms with Crippen molar-refractivity contribution in [1.29, 1.82) is 0 Å². The molecule has 2 aromatic carbocycles. The first-order valence-electron chi connectivity index (χ1n) is 6.42. The number of carboxylic acids is 1. The predicted molar refractivity (Wildman–Crippen MR) is 84.1 cm³/mol. The van der Waals surface area contributed by atoms with E-state index in [1.54, 1.807) is 12.1 Å². The number of aryl methyl sites for hydroxylation is 1. The zero-order valence-corrected chi connectivity index (χ0v) is 12.8. The maximum absolute atomic E-state index is 12.3. The maximum atomic E-state index is 12.3. The van der Waals surface area contributed by atoms with Gasteiger partial charge >= 0.3 is 5.97 Å². The Balaban J connectivity index is 2.36. The molecule has 0 aliphatic heterocycles. The molecule has 0 fully saturated rings. The maximum Gasteiger partial charge on any atom is 0.339 e. The van der Waals surface area contributed by atoms with Crippen molar-refractivity contribution < 1.29 is 19.4 Å². The Bertz CT molecular complexity index is 743. The van der Waals surface area contributed by atoms with Crippen LogP contribution >= 0.6 is 11.6 Å². The number of hydrogen-bond acceptors (Lipinski definition) is 3. The van der Waals surface area contributed by atoms with E-state index in [0.29, 0.717) is 5.56 Å². The lowest BCUT2D eigenvalue weighted by Gasteiger charge is -2.12. The van der Waals surface area contributed by atoms with Gasteiger partial charge in [-0.15, -0.1) is 0 Å². The molecule has 0 aromatic heterocycles. The van der Waals surface area contributed by atoms with Crippen LogP contribution in [0.4, 0.5) is 5.69 Å². The normalized spacial score (nSPS) is 10.1. The van der Waals surface area contributed by atoms with Crippen LogP contribution in [0.15, 0.2) is 36.4 Å². The number of benzene rings is 2. The standard InChI is InChI=1S/C16H14ClNO4/c1-9-5-3-4-6-10(9)15(19)18-13-8-14(22-2)11(16(20)21)7-12(13)17/h3-8H,1-2H3,(H,18,19)(H,20,21). The number of anilines is 1. The predicted octanol–water partition coefficient (Wildman–Crippen LogP) is 3.61. The molecule has 1 amide bonds. The molecule has 0 aliphatic rings. The Morgan fingerprint density at radius 1 is 1.18 bits per heavy atom. The van der Waals surface area contributed by atoms with Gasteiger partial charge in [0.25, 0.3) is 5.91 Å². The number of nitrogens with one attached hydrogen (secondary N) is 1. The SMILES string of the molecule is COc1cc(NC(=O)c2ccccc2C)c(Cl)cc1C(=O)O. The van der Waals surface area contributed by atoms with E-state index in [0.717, 1.165) is 5.56 Å². The van der Waals surface area contributed by atoms with Gasteiger partial charge in [-0.2, -0.15) is 0 Å². The van der Waals surface area contributed by atoms with Crippen molar-refractivity contribution in [3.8, 4) is 5.75 Å². The van der Waals surface area contributed by atoms with Crippen molar-refractivity contribution in [3.63, 3.8) is 0 Å². The summed E-state index contributed by atoms with van der Waals surface area (Å²) < 4.78 is 5.02. The number of carbonyl (C=O) groups excluding carboxylic acids is 1. The van der Waals surface area contributed by atoms with E-state index >= 15 is 0 Å². The first kappa shape index (κ1) is 15.9. The fourth-order valence-electron chi connectivity index (χ4n) is 2.00. The molecule has 2 aromatic rings. The summed E-state index contributed by atoms with van der Waals surface area (Å²) in [4.78, 5) is 23.4. The monoisotopic (exact) mass is 319 g/mol. The van der Waals surface area contributed by atoms with E-state index in [9.17, 15) is 9.59 Å². The molecule has 0 saturated heterocycles. The van der Waals surface area contributed by atoms with Gasteiger partial charge in [-0.1, -0.05) is 29.8 Å². The van der Waals surface area contributed by atoms with Crippen LogP contribution in [0.25, 0.3) is 0 Å². The fourth-order valence-corrected chi connectivity index (χ4v) is 2.21. The molecule has 114 valence electrons. The third kappa shape index (κ3) is 3.20. The number of carboxylic acid groups (broad SMARTS) is 1. The minimum absolute atomic E-state index is 0.0682. The average molecular weight is 320 g/mol. The quantitative estimate of drug-likeness (QED) is 0.902. The van der Waals surface area contributed by atoms with Gasteiger partial charge in [-0.25, -0.2) is 4.79 Å². The molecule has 0 atom stereocenters. The minimum Gasteiger partial charge on any atom is -0.496 e. The first-order valence-corrected chi connectivity index (χ1v) is 6.79. The molecule has 0 aliphatic carbocycles. The molecule has 0 bridgehead atoms. The lowest BCUT2D eigenvalue weighted by molar-refractivity contribution is 0.0693. The zero-order chi connectivity index (χ0) is 16.3. The van der Waals surface area contributed by atoms with Crippen LogP contribution in [0, 0.1) is 6.92 Å². The van der Waals surface area contributed by atoms with E-state index < -0.39 is 5.97 Å². The summed E-state index contributed by atoms with van der Waals surface area (Å²) in [6, 6.07) is 9.76. The first-order chi connectivity index (χ1) is 10.4. The molecule has 22 heavy (non-hydrogen) atoms. The highest BCUT2D eigenvalue weighted by molar-refractivity contribution is 6.34. The van der Waals surface area contributed by atoms with Crippen molar-refractivity contribution in [2.45, 2.75) is 6.92 Å². The van der Waals surface area contributed by atoms with Gasteiger partial charge in [0.15, 0.2) is 0 Å². The third-order valence-electron chi connectivity index (χ3n) is 3.16. The van der Waals surface area contributed by atoms with Crippen LogP contribution in [0.1, 0.15) is 26.3 Å². The number of halogens is 1. The number of aromatic carboxylic acids is 1. The molecule has 6 heteroatoms. The van der Waals surface area contributed by atoms with Crippen molar-refractivity contribution in [1.82, 2.24) is 0 Å². The molecule has 0 unspecified atom stereocenters. The molecular formula is C16H14ClNO4. The molecule has 0 heterocycles. The van der Waals surface area contributed by atoms with Crippen LogP contribution in [0.3, 0.4) is 0 Å². The highest BCUT2D eigenvalue weighted by atomic mass is 35.5. The highest BCUT2D eigenvalue weighted by Crippen LogP contribution is 2.31. The van der Waals surface area contributed by atoms with Crippen LogP contribution in [0.2, 0.25) is 5.02 Å². The Kier molecular flexibility index (Phi) is 4.68. The topological polar surface area (TPSA) is 75.6 Å². The molecule has 0 spiro atoms. The Labute approximate surface area is 132 Å². The summed E-state index contributed by atoms with van der Waals surface area (Å²) in [6.07, 6.45) is 0. The second-order valence-electron chi connectivity index (χ2n) is 4.61. The van der Waals surface area contributed by atoms with Gasteiger partial charge in [0.2, 0.25) is 0 Å². The minimum atomic E-state index is -1.16. The second-order valence-corrected chi connectivity index (χ2v) is 5.01. The zero-order valence-electron chi connectivity index (χ0n) is 12.0. The van der Waals surface area contributed by atoms with Crippen molar-refractivity contribution >= 4 is 29.2 Å². The summed E-state index contributed by atoms with van der Waals surface area (Å²) in [6.45, 7) is 1.82. The summed E-state index contributed by atoms with van der Waals surface area (Å²) in [5.74, 6) is -1.36. The number of ether oxygens (including phenoxy) is 1. The average Bonchev–Trinajstić information content (AvgIpc) is 2.49. The molecule has 0 saturated carbocycles. The van der Waals surface area contributed by atoms with E-state index in [2.05, 4.69) is 5.32 Å². The fraction of sp³-hybridized carbons (Fsp3) is 0.125. The molecule has 2 N–H and O–H groups in total. The summed E-state index contributed by atoms with van der Waals surface area (Å²) in [5.41, 5.74) is 1.56. The van der Waals surface area contributed by atoms with E-state index in [4.69, 9.17) is 21.4 Å². The number of methoxy groups -OCH3 is 1. The Morgan fingerprint density at radius 2 is 1.86 bits per heavy atom. The number of rotatable bonds is 4. The van der Waals surface area contributed by atoms with E-state index in [-0.39, 0.29) is 27.9 Å². The Hall–Kier alpha value is -2.53. The van der Waals surface area contributed by atoms with Crippen LogP contribution in [-0.2, 0) is 0 Å². The molecule has 0 radical (unpaired) electrons. The molecular weight excluding hydrogens is 306 g/mol. The number of carbonyl (C=O) groups is 2. The van der Waals surface area contributed by atoms with Crippen molar-refractivity contribution in [3.05, 3.63) is 58.1 Å². The van der Waals surface area contributed by atoms with Crippen LogP contribution in [0.5, 0.6) is 5.75 Å². The molecule has 5 nitrogen and oxygen atoms in total. The van der Waals surface area contributed by atoms with Gasteiger partial charge in [0, 0.05) is 11.6 Å². The lowest BCUT2D eigenvalue weighted by Crippen LogP contribution is -2.14. The summed E-state index contributed by atoms with van der Waals surface area (Å²) >= 11 is 6.04. The van der Waals surface area contributed by atoms with Gasteiger partial charge in [-0.3, -0.25) is 4.79 Å². The summed E-state index contributed by atoms with van der Waals surface area (Å²) in [5, 5.41) is 11.9. The molecule has 2 rings (SSSR count). The largest absolute Gasteiger partial charge is 0.496 e. The lowest BCUT2D eigenvalue weighted by atomic mass is 10.1. The van der Waals surface area contributed by atoms with Crippen molar-refractivity contribution in [2.75, 3.05) is 12.4 Å². The van der Waals surface area contributed by atoms with Crippen molar-refractivity contribution in [2.24, 2.45) is 0 Å². The van der Waals surface area contributed by atoms with Gasteiger partial charge in [-0.05, 0) is 24.6 Å². The number of amides is 1.